The van der Waals surface area contributed by atoms with Crippen LogP contribution >= 0.6 is 0 Å². The number of nitrogens with one attached hydrogen (secondary N) is 1. The lowest BCUT2D eigenvalue weighted by atomic mass is 10.1. The highest BCUT2D eigenvalue weighted by Gasteiger charge is 2.08. The third-order valence-electron chi connectivity index (χ3n) is 2.56. The summed E-state index contributed by atoms with van der Waals surface area (Å²) in [5.74, 6) is -0.549. The van der Waals surface area contributed by atoms with E-state index in [1.165, 1.54) is 0 Å². The van der Waals surface area contributed by atoms with Crippen LogP contribution in [0.15, 0.2) is 24.3 Å². The van der Waals surface area contributed by atoms with Gasteiger partial charge >= 0.3 is 0 Å². The molecular formula is C13H19N3O2. The number of anilines is 1. The minimum Gasteiger partial charge on any atom is -0.399 e. The van der Waals surface area contributed by atoms with E-state index in [-0.39, 0.29) is 24.7 Å². The van der Waals surface area contributed by atoms with Crippen LogP contribution in [0.5, 0.6) is 0 Å². The SMILES string of the molecule is NCCCC(=O)NC(=O)CCc1ccccc1N. The highest BCUT2D eigenvalue weighted by Crippen LogP contribution is 2.12. The van der Waals surface area contributed by atoms with Crippen LogP contribution in [0.2, 0.25) is 0 Å². The lowest BCUT2D eigenvalue weighted by Gasteiger charge is -2.05. The van der Waals surface area contributed by atoms with Gasteiger partial charge in [-0.25, -0.2) is 0 Å². The van der Waals surface area contributed by atoms with Crippen molar-refractivity contribution < 1.29 is 9.59 Å². The Morgan fingerprint density at radius 1 is 1.11 bits per heavy atom. The van der Waals surface area contributed by atoms with Gasteiger partial charge in [0, 0.05) is 18.5 Å². The summed E-state index contributed by atoms with van der Waals surface area (Å²) in [5.41, 5.74) is 12.6. The van der Waals surface area contributed by atoms with Gasteiger partial charge in [0.2, 0.25) is 11.8 Å². The van der Waals surface area contributed by atoms with Gasteiger partial charge in [0.25, 0.3) is 0 Å². The normalized spacial score (nSPS) is 10.1. The number of rotatable bonds is 6. The van der Waals surface area contributed by atoms with E-state index in [9.17, 15) is 9.59 Å². The average molecular weight is 249 g/mol. The zero-order valence-electron chi connectivity index (χ0n) is 10.3. The van der Waals surface area contributed by atoms with Crippen molar-refractivity contribution in [3.05, 3.63) is 29.8 Å². The number of nitrogen functional groups attached to an aromatic ring is 1. The number of carbonyl (C=O) groups excluding carboxylic acids is 2. The summed E-state index contributed by atoms with van der Waals surface area (Å²) in [6.45, 7) is 0.447. The van der Waals surface area contributed by atoms with E-state index >= 15 is 0 Å². The van der Waals surface area contributed by atoms with Crippen molar-refractivity contribution in [1.82, 2.24) is 5.32 Å². The van der Waals surface area contributed by atoms with Crippen molar-refractivity contribution in [2.24, 2.45) is 5.73 Å². The lowest BCUT2D eigenvalue weighted by molar-refractivity contribution is -0.130. The first-order valence-electron chi connectivity index (χ1n) is 5.99. The zero-order chi connectivity index (χ0) is 13.4. The molecule has 0 aromatic heterocycles. The van der Waals surface area contributed by atoms with Gasteiger partial charge in [0.05, 0.1) is 0 Å². The molecule has 0 saturated heterocycles. The molecule has 0 aliphatic heterocycles. The van der Waals surface area contributed by atoms with Gasteiger partial charge in [0.1, 0.15) is 0 Å². The Balaban J connectivity index is 2.33. The Labute approximate surface area is 107 Å². The molecule has 0 atom stereocenters. The van der Waals surface area contributed by atoms with E-state index in [1.54, 1.807) is 6.07 Å². The van der Waals surface area contributed by atoms with Gasteiger partial charge in [-0.1, -0.05) is 18.2 Å². The van der Waals surface area contributed by atoms with Crippen molar-refractivity contribution in [2.75, 3.05) is 12.3 Å². The van der Waals surface area contributed by atoms with Crippen LogP contribution in [-0.4, -0.2) is 18.4 Å². The first-order valence-corrected chi connectivity index (χ1v) is 5.99. The lowest BCUT2D eigenvalue weighted by Crippen LogP contribution is -2.30. The number of aryl methyl sites for hydroxylation is 1. The van der Waals surface area contributed by atoms with Gasteiger partial charge in [-0.15, -0.1) is 0 Å². The molecule has 18 heavy (non-hydrogen) atoms. The average Bonchev–Trinajstić information content (AvgIpc) is 2.35. The fraction of sp³-hybridized carbons (Fsp3) is 0.385. The number of carbonyl (C=O) groups is 2. The second-order valence-corrected chi connectivity index (χ2v) is 4.06. The largest absolute Gasteiger partial charge is 0.399 e. The minimum absolute atomic E-state index is 0.253. The maximum atomic E-state index is 11.5. The molecular weight excluding hydrogens is 230 g/mol. The van der Waals surface area contributed by atoms with Gasteiger partial charge in [-0.3, -0.25) is 14.9 Å². The molecule has 5 N–H and O–H groups in total. The highest BCUT2D eigenvalue weighted by atomic mass is 16.2. The van der Waals surface area contributed by atoms with Crippen LogP contribution in [0.4, 0.5) is 5.69 Å². The molecule has 0 fully saturated rings. The Bertz CT molecular complexity index is 418. The molecule has 1 rings (SSSR count). The van der Waals surface area contributed by atoms with Crippen LogP contribution in [0.1, 0.15) is 24.8 Å². The van der Waals surface area contributed by atoms with Crippen LogP contribution < -0.4 is 16.8 Å². The molecule has 0 bridgehead atoms. The van der Waals surface area contributed by atoms with E-state index in [2.05, 4.69) is 5.32 Å². The fourth-order valence-corrected chi connectivity index (χ4v) is 1.55. The van der Waals surface area contributed by atoms with E-state index in [0.29, 0.717) is 25.1 Å². The molecule has 2 amide bonds. The molecule has 0 heterocycles. The molecule has 0 aliphatic rings. The van der Waals surface area contributed by atoms with Crippen LogP contribution in [0.3, 0.4) is 0 Å². The summed E-state index contributed by atoms with van der Waals surface area (Å²) in [5, 5.41) is 2.33. The van der Waals surface area contributed by atoms with Crippen molar-refractivity contribution in [3.63, 3.8) is 0 Å². The highest BCUT2D eigenvalue weighted by molar-refractivity contribution is 5.95. The quantitative estimate of drug-likeness (QED) is 0.642. The van der Waals surface area contributed by atoms with Gasteiger partial charge < -0.3 is 11.5 Å². The molecule has 0 saturated carbocycles. The maximum Gasteiger partial charge on any atom is 0.226 e. The molecule has 0 spiro atoms. The Hall–Kier alpha value is -1.88. The van der Waals surface area contributed by atoms with Gasteiger partial charge in [-0.2, -0.15) is 0 Å². The first kappa shape index (κ1) is 14.2. The van der Waals surface area contributed by atoms with Crippen LogP contribution in [-0.2, 0) is 16.0 Å². The molecule has 1 aromatic carbocycles. The topological polar surface area (TPSA) is 98.2 Å². The number of hydrogen-bond donors (Lipinski definition) is 3. The predicted molar refractivity (Wildman–Crippen MR) is 70.6 cm³/mol. The number of para-hydroxylation sites is 1. The second kappa shape index (κ2) is 7.45. The number of imide groups is 1. The number of hydrogen-bond acceptors (Lipinski definition) is 4. The molecule has 5 nitrogen and oxygen atoms in total. The van der Waals surface area contributed by atoms with Crippen molar-refractivity contribution in [2.45, 2.75) is 25.7 Å². The fourth-order valence-electron chi connectivity index (χ4n) is 1.55. The smallest absolute Gasteiger partial charge is 0.226 e. The first-order chi connectivity index (χ1) is 8.63. The maximum absolute atomic E-state index is 11.5. The Morgan fingerprint density at radius 2 is 1.78 bits per heavy atom. The number of benzene rings is 1. The molecule has 0 unspecified atom stereocenters. The van der Waals surface area contributed by atoms with E-state index in [0.717, 1.165) is 5.56 Å². The molecule has 98 valence electrons. The van der Waals surface area contributed by atoms with Crippen molar-refractivity contribution in [3.8, 4) is 0 Å². The summed E-state index contributed by atoms with van der Waals surface area (Å²) < 4.78 is 0. The third kappa shape index (κ3) is 4.97. The Kier molecular flexibility index (Phi) is 5.87. The van der Waals surface area contributed by atoms with Gasteiger partial charge in [-0.05, 0) is 31.0 Å². The molecule has 0 radical (unpaired) electrons. The van der Waals surface area contributed by atoms with Crippen molar-refractivity contribution >= 4 is 17.5 Å². The van der Waals surface area contributed by atoms with E-state index in [1.807, 2.05) is 18.2 Å². The minimum atomic E-state index is -0.278. The second-order valence-electron chi connectivity index (χ2n) is 4.06. The van der Waals surface area contributed by atoms with E-state index < -0.39 is 0 Å². The third-order valence-corrected chi connectivity index (χ3v) is 2.56. The van der Waals surface area contributed by atoms with Gasteiger partial charge in [0.15, 0.2) is 0 Å². The standard InChI is InChI=1S/C13H19N3O2/c14-9-3-6-12(17)16-13(18)8-7-10-4-1-2-5-11(10)15/h1-2,4-5H,3,6-9,14-15H2,(H,16,17,18). The summed E-state index contributed by atoms with van der Waals surface area (Å²) in [7, 11) is 0. The summed E-state index contributed by atoms with van der Waals surface area (Å²) in [6.07, 6.45) is 1.66. The summed E-state index contributed by atoms with van der Waals surface area (Å²) >= 11 is 0. The number of amides is 2. The predicted octanol–water partition coefficient (Wildman–Crippen LogP) is 0.583. The zero-order valence-corrected chi connectivity index (χ0v) is 10.3. The summed E-state index contributed by atoms with van der Waals surface area (Å²) in [6, 6.07) is 7.38. The van der Waals surface area contributed by atoms with Crippen LogP contribution in [0, 0.1) is 0 Å². The summed E-state index contributed by atoms with van der Waals surface area (Å²) in [4.78, 5) is 22.8. The molecule has 5 heteroatoms. The number of nitrogens with two attached hydrogens (primary N) is 2. The Morgan fingerprint density at radius 3 is 2.44 bits per heavy atom. The van der Waals surface area contributed by atoms with E-state index in [4.69, 9.17) is 11.5 Å². The molecule has 0 aliphatic carbocycles. The molecule has 1 aromatic rings. The monoisotopic (exact) mass is 249 g/mol. The van der Waals surface area contributed by atoms with Crippen LogP contribution in [0.25, 0.3) is 0 Å². The van der Waals surface area contributed by atoms with Crippen molar-refractivity contribution in [1.29, 1.82) is 0 Å².